The molecule has 5 nitrogen and oxygen atoms in total. The highest BCUT2D eigenvalue weighted by Gasteiger charge is 2.08. The molecule has 0 spiro atoms. The molecule has 1 amide bonds. The highest BCUT2D eigenvalue weighted by atomic mass is 16.5. The van der Waals surface area contributed by atoms with Crippen LogP contribution in [0.3, 0.4) is 0 Å². The van der Waals surface area contributed by atoms with Crippen LogP contribution in [0.2, 0.25) is 0 Å². The zero-order valence-electron chi connectivity index (χ0n) is 12.9. The third kappa shape index (κ3) is 4.22. The summed E-state index contributed by atoms with van der Waals surface area (Å²) in [6.45, 7) is 5.21. The molecule has 5 heteroatoms. The number of nitrogens with zero attached hydrogens (tertiary/aromatic N) is 1. The summed E-state index contributed by atoms with van der Waals surface area (Å²) in [5.41, 5.74) is 1.41. The Morgan fingerprint density at radius 2 is 2.05 bits per heavy atom. The summed E-state index contributed by atoms with van der Waals surface area (Å²) in [4.78, 5) is 16.2. The molecule has 1 aromatic carbocycles. The van der Waals surface area contributed by atoms with Gasteiger partial charge in [0, 0.05) is 18.3 Å². The molecular weight excluding hydrogens is 278 g/mol. The second-order valence-electron chi connectivity index (χ2n) is 4.74. The van der Waals surface area contributed by atoms with Gasteiger partial charge >= 0.3 is 0 Å². The number of amides is 1. The van der Waals surface area contributed by atoms with Gasteiger partial charge in [0.05, 0.1) is 12.3 Å². The van der Waals surface area contributed by atoms with E-state index in [1.165, 1.54) is 0 Å². The molecule has 0 atom stereocenters. The molecule has 0 bridgehead atoms. The van der Waals surface area contributed by atoms with Crippen LogP contribution < -0.4 is 15.4 Å². The van der Waals surface area contributed by atoms with Crippen molar-refractivity contribution in [2.75, 3.05) is 18.5 Å². The molecule has 116 valence electrons. The van der Waals surface area contributed by atoms with E-state index in [1.54, 1.807) is 18.3 Å². The first-order valence-electron chi connectivity index (χ1n) is 7.47. The van der Waals surface area contributed by atoms with Crippen LogP contribution in [0.4, 0.5) is 11.5 Å². The lowest BCUT2D eigenvalue weighted by Crippen LogP contribution is -2.24. The normalized spacial score (nSPS) is 10.1. The number of rotatable bonds is 7. The molecule has 1 aromatic heterocycles. The van der Waals surface area contributed by atoms with Crippen LogP contribution >= 0.6 is 0 Å². The lowest BCUT2D eigenvalue weighted by Gasteiger charge is -2.12. The van der Waals surface area contributed by atoms with Gasteiger partial charge in [-0.25, -0.2) is 4.98 Å². The van der Waals surface area contributed by atoms with Crippen molar-refractivity contribution in [1.82, 2.24) is 10.3 Å². The Morgan fingerprint density at radius 1 is 1.23 bits per heavy atom. The van der Waals surface area contributed by atoms with Crippen molar-refractivity contribution in [1.29, 1.82) is 0 Å². The minimum absolute atomic E-state index is 0.0922. The van der Waals surface area contributed by atoms with Crippen LogP contribution in [0.25, 0.3) is 0 Å². The zero-order chi connectivity index (χ0) is 15.8. The van der Waals surface area contributed by atoms with Crippen LogP contribution in [0.1, 0.15) is 30.6 Å². The first kappa shape index (κ1) is 15.8. The second kappa shape index (κ2) is 8.02. The van der Waals surface area contributed by atoms with Crippen molar-refractivity contribution in [2.45, 2.75) is 20.3 Å². The van der Waals surface area contributed by atoms with Crippen LogP contribution in [-0.2, 0) is 0 Å². The Morgan fingerprint density at radius 3 is 2.82 bits per heavy atom. The number of carbonyl (C=O) groups excluding carboxylic acids is 1. The first-order chi connectivity index (χ1) is 10.7. The molecule has 0 aliphatic carbocycles. The highest BCUT2D eigenvalue weighted by Crippen LogP contribution is 2.26. The van der Waals surface area contributed by atoms with Gasteiger partial charge in [-0.3, -0.25) is 4.79 Å². The van der Waals surface area contributed by atoms with Crippen LogP contribution in [0, 0.1) is 0 Å². The van der Waals surface area contributed by atoms with E-state index in [2.05, 4.69) is 15.6 Å². The quantitative estimate of drug-likeness (QED) is 0.823. The maximum atomic E-state index is 12.0. The Kier molecular flexibility index (Phi) is 5.77. The monoisotopic (exact) mass is 299 g/mol. The molecule has 1 heterocycles. The van der Waals surface area contributed by atoms with Crippen LogP contribution in [0.15, 0.2) is 42.6 Å². The van der Waals surface area contributed by atoms with Gasteiger partial charge in [-0.15, -0.1) is 0 Å². The van der Waals surface area contributed by atoms with E-state index in [4.69, 9.17) is 4.74 Å². The van der Waals surface area contributed by atoms with Gasteiger partial charge in [0.25, 0.3) is 5.91 Å². The van der Waals surface area contributed by atoms with Gasteiger partial charge in [-0.05, 0) is 37.6 Å². The van der Waals surface area contributed by atoms with E-state index in [0.29, 0.717) is 24.5 Å². The Hall–Kier alpha value is -2.56. The van der Waals surface area contributed by atoms with Gasteiger partial charge in [-0.1, -0.05) is 19.1 Å². The summed E-state index contributed by atoms with van der Waals surface area (Å²) in [5, 5.41) is 6.04. The fraction of sp³-hybridized carbons (Fsp3) is 0.294. The summed E-state index contributed by atoms with van der Waals surface area (Å²) in [7, 11) is 0. The van der Waals surface area contributed by atoms with Crippen molar-refractivity contribution in [2.24, 2.45) is 0 Å². The van der Waals surface area contributed by atoms with Crippen molar-refractivity contribution in [3.05, 3.63) is 48.2 Å². The number of benzene rings is 1. The highest BCUT2D eigenvalue weighted by molar-refractivity contribution is 5.94. The number of carbonyl (C=O) groups is 1. The smallest absolute Gasteiger partial charge is 0.251 e. The first-order valence-corrected chi connectivity index (χ1v) is 7.47. The van der Waals surface area contributed by atoms with E-state index in [0.717, 1.165) is 17.9 Å². The lowest BCUT2D eigenvalue weighted by atomic mass is 10.2. The average Bonchev–Trinajstić information content (AvgIpc) is 2.55. The maximum absolute atomic E-state index is 12.0. The molecule has 0 aliphatic heterocycles. The molecule has 22 heavy (non-hydrogen) atoms. The van der Waals surface area contributed by atoms with Gasteiger partial charge < -0.3 is 15.4 Å². The fourth-order valence-electron chi connectivity index (χ4n) is 1.97. The number of pyridine rings is 1. The lowest BCUT2D eigenvalue weighted by molar-refractivity contribution is 0.0953. The summed E-state index contributed by atoms with van der Waals surface area (Å²) >= 11 is 0. The Bertz CT molecular complexity index is 629. The number of hydrogen-bond donors (Lipinski definition) is 2. The van der Waals surface area contributed by atoms with E-state index in [9.17, 15) is 4.79 Å². The largest absolute Gasteiger partial charge is 0.492 e. The van der Waals surface area contributed by atoms with E-state index in [-0.39, 0.29) is 5.91 Å². The predicted molar refractivity (Wildman–Crippen MR) is 87.8 cm³/mol. The SMILES string of the molecule is CCCNC(=O)c1ccnc(Nc2ccccc2OCC)c1. The van der Waals surface area contributed by atoms with Gasteiger partial charge in [0.2, 0.25) is 0 Å². The Labute approximate surface area is 130 Å². The summed E-state index contributed by atoms with van der Waals surface area (Å²) < 4.78 is 5.57. The molecule has 0 radical (unpaired) electrons. The van der Waals surface area contributed by atoms with Crippen molar-refractivity contribution >= 4 is 17.4 Å². The summed E-state index contributed by atoms with van der Waals surface area (Å²) in [5.74, 6) is 1.27. The minimum atomic E-state index is -0.0922. The summed E-state index contributed by atoms with van der Waals surface area (Å²) in [6, 6.07) is 11.1. The zero-order valence-corrected chi connectivity index (χ0v) is 12.9. The van der Waals surface area contributed by atoms with Gasteiger partial charge in [0.1, 0.15) is 11.6 Å². The second-order valence-corrected chi connectivity index (χ2v) is 4.74. The molecule has 0 saturated carbocycles. The third-order valence-electron chi connectivity index (χ3n) is 3.01. The predicted octanol–water partition coefficient (Wildman–Crippen LogP) is 3.36. The number of hydrogen-bond acceptors (Lipinski definition) is 4. The van der Waals surface area contributed by atoms with Crippen molar-refractivity contribution in [3.8, 4) is 5.75 Å². The molecule has 0 unspecified atom stereocenters. The molecule has 0 aliphatic rings. The molecule has 2 rings (SSSR count). The number of ether oxygens (including phenoxy) is 1. The molecule has 2 aromatic rings. The minimum Gasteiger partial charge on any atom is -0.492 e. The molecular formula is C17H21N3O2. The van der Waals surface area contributed by atoms with Gasteiger partial charge in [-0.2, -0.15) is 0 Å². The number of para-hydroxylation sites is 2. The van der Waals surface area contributed by atoms with Gasteiger partial charge in [0.15, 0.2) is 0 Å². The maximum Gasteiger partial charge on any atom is 0.251 e. The van der Waals surface area contributed by atoms with E-state index < -0.39 is 0 Å². The summed E-state index contributed by atoms with van der Waals surface area (Å²) in [6.07, 6.45) is 2.52. The topological polar surface area (TPSA) is 63.2 Å². The van der Waals surface area contributed by atoms with Crippen LogP contribution in [-0.4, -0.2) is 24.0 Å². The average molecular weight is 299 g/mol. The molecule has 0 fully saturated rings. The Balaban J connectivity index is 2.15. The third-order valence-corrected chi connectivity index (χ3v) is 3.01. The molecule has 0 saturated heterocycles. The standard InChI is InChI=1S/C17H21N3O2/c1-3-10-19-17(21)13-9-11-18-16(12-13)20-14-7-5-6-8-15(14)22-4-2/h5-9,11-12H,3-4,10H2,1-2H3,(H,18,20)(H,19,21). The van der Waals surface area contributed by atoms with Crippen LogP contribution in [0.5, 0.6) is 5.75 Å². The van der Waals surface area contributed by atoms with E-state index >= 15 is 0 Å². The van der Waals surface area contributed by atoms with E-state index in [1.807, 2.05) is 38.1 Å². The number of anilines is 2. The van der Waals surface area contributed by atoms with Crippen molar-refractivity contribution < 1.29 is 9.53 Å². The van der Waals surface area contributed by atoms with Crippen molar-refractivity contribution in [3.63, 3.8) is 0 Å². The molecule has 2 N–H and O–H groups in total. The number of nitrogens with one attached hydrogen (secondary N) is 2. The number of aromatic nitrogens is 1. The fourth-order valence-corrected chi connectivity index (χ4v) is 1.97.